The molecule has 0 spiro atoms. The first-order valence-electron chi connectivity index (χ1n) is 6.76. The van der Waals surface area contributed by atoms with Crippen LogP contribution in [-0.4, -0.2) is 13.1 Å². The minimum atomic E-state index is 0.248. The summed E-state index contributed by atoms with van der Waals surface area (Å²) in [6.07, 6.45) is 1.98. The molecule has 104 valence electrons. The maximum Gasteiger partial charge on any atom is 0.152 e. The predicted molar refractivity (Wildman–Crippen MR) is 81.8 cm³/mol. The van der Waals surface area contributed by atoms with Crippen LogP contribution in [0.2, 0.25) is 5.02 Å². The van der Waals surface area contributed by atoms with Gasteiger partial charge in [-0.25, -0.2) is 0 Å². The lowest BCUT2D eigenvalue weighted by molar-refractivity contribution is 0.264. The summed E-state index contributed by atoms with van der Waals surface area (Å²) in [4.78, 5) is 0. The van der Waals surface area contributed by atoms with E-state index in [-0.39, 0.29) is 5.41 Å². The first-order valence-corrected chi connectivity index (χ1v) is 7.14. The highest BCUT2D eigenvalue weighted by molar-refractivity contribution is 6.34. The van der Waals surface area contributed by atoms with Crippen LogP contribution < -0.4 is 5.32 Å². The van der Waals surface area contributed by atoms with E-state index in [4.69, 9.17) is 16.0 Å². The molecule has 0 saturated heterocycles. The normalized spacial score (nSPS) is 13.9. The molecule has 0 fully saturated rings. The van der Waals surface area contributed by atoms with Gasteiger partial charge in [-0.1, -0.05) is 44.5 Å². The summed E-state index contributed by atoms with van der Waals surface area (Å²) < 4.78 is 5.85. The van der Waals surface area contributed by atoms with Gasteiger partial charge in [-0.15, -0.1) is 0 Å². The van der Waals surface area contributed by atoms with Gasteiger partial charge < -0.3 is 9.73 Å². The summed E-state index contributed by atoms with van der Waals surface area (Å²) in [5.74, 6) is 1.01. The summed E-state index contributed by atoms with van der Waals surface area (Å²) in [7, 11) is 2.02. The fourth-order valence-corrected chi connectivity index (χ4v) is 2.72. The van der Waals surface area contributed by atoms with E-state index in [9.17, 15) is 0 Å². The van der Waals surface area contributed by atoms with Gasteiger partial charge in [0.15, 0.2) is 5.58 Å². The van der Waals surface area contributed by atoms with E-state index in [1.54, 1.807) is 0 Å². The molecule has 1 atom stereocenters. The zero-order chi connectivity index (χ0) is 14.0. The van der Waals surface area contributed by atoms with Crippen molar-refractivity contribution in [2.75, 3.05) is 7.05 Å². The number of benzene rings is 1. The number of hydrogen-bond donors (Lipinski definition) is 1. The molecule has 0 saturated carbocycles. The molecule has 2 aromatic rings. The number of halogens is 1. The third kappa shape index (κ3) is 3.31. The molecular weight excluding hydrogens is 258 g/mol. The second kappa shape index (κ2) is 5.56. The molecule has 1 aromatic carbocycles. The summed E-state index contributed by atoms with van der Waals surface area (Å²) >= 11 is 6.13. The molecule has 0 aliphatic heterocycles. The maximum absolute atomic E-state index is 6.13. The average molecular weight is 280 g/mol. The second-order valence-electron chi connectivity index (χ2n) is 6.12. The largest absolute Gasteiger partial charge is 0.460 e. The van der Waals surface area contributed by atoms with E-state index in [2.05, 4.69) is 32.2 Å². The number of para-hydroxylation sites is 1. The molecule has 2 nitrogen and oxygen atoms in total. The molecule has 0 aliphatic rings. The van der Waals surface area contributed by atoms with Gasteiger partial charge in [0, 0.05) is 17.8 Å². The van der Waals surface area contributed by atoms with E-state index in [1.807, 2.05) is 25.2 Å². The van der Waals surface area contributed by atoms with Crippen LogP contribution in [0.3, 0.4) is 0 Å². The van der Waals surface area contributed by atoms with Gasteiger partial charge in [-0.3, -0.25) is 0 Å². The molecular formula is C16H22ClNO. The minimum absolute atomic E-state index is 0.248. The topological polar surface area (TPSA) is 25.2 Å². The van der Waals surface area contributed by atoms with Crippen molar-refractivity contribution in [3.63, 3.8) is 0 Å². The molecule has 3 heteroatoms. The van der Waals surface area contributed by atoms with Crippen molar-refractivity contribution in [1.29, 1.82) is 0 Å². The smallest absolute Gasteiger partial charge is 0.152 e. The molecule has 1 heterocycles. The highest BCUT2D eigenvalue weighted by Crippen LogP contribution is 2.28. The van der Waals surface area contributed by atoms with Crippen molar-refractivity contribution >= 4 is 22.6 Å². The fourth-order valence-electron chi connectivity index (χ4n) is 2.50. The number of fused-ring (bicyclic) bond motifs is 1. The van der Waals surface area contributed by atoms with Crippen molar-refractivity contribution in [3.8, 4) is 0 Å². The van der Waals surface area contributed by atoms with Crippen LogP contribution in [0, 0.1) is 5.41 Å². The van der Waals surface area contributed by atoms with Crippen LogP contribution in [0.5, 0.6) is 0 Å². The first-order chi connectivity index (χ1) is 8.91. The Morgan fingerprint density at radius 1 is 1.32 bits per heavy atom. The Hall–Kier alpha value is -0.990. The van der Waals surface area contributed by atoms with Crippen LogP contribution in [0.15, 0.2) is 28.7 Å². The van der Waals surface area contributed by atoms with Gasteiger partial charge in [0.1, 0.15) is 5.76 Å². The third-order valence-electron chi connectivity index (χ3n) is 3.62. The summed E-state index contributed by atoms with van der Waals surface area (Å²) in [6.45, 7) is 6.76. The number of nitrogens with one attached hydrogen (secondary N) is 1. The summed E-state index contributed by atoms with van der Waals surface area (Å²) in [5.41, 5.74) is 1.05. The van der Waals surface area contributed by atoms with Crippen LogP contribution in [0.25, 0.3) is 11.0 Å². The third-order valence-corrected chi connectivity index (χ3v) is 3.92. The Balaban J connectivity index is 2.12. The maximum atomic E-state index is 6.13. The van der Waals surface area contributed by atoms with Gasteiger partial charge in [-0.05, 0) is 31.0 Å². The van der Waals surface area contributed by atoms with E-state index < -0.39 is 0 Å². The van der Waals surface area contributed by atoms with Crippen molar-refractivity contribution in [1.82, 2.24) is 5.32 Å². The lowest BCUT2D eigenvalue weighted by atomic mass is 9.84. The Bertz CT molecular complexity index is 553. The van der Waals surface area contributed by atoms with Crippen LogP contribution in [0.4, 0.5) is 0 Å². The highest BCUT2D eigenvalue weighted by atomic mass is 35.5. The average Bonchev–Trinajstić information content (AvgIpc) is 2.72. The molecule has 0 aliphatic carbocycles. The first kappa shape index (κ1) is 14.4. The summed E-state index contributed by atoms with van der Waals surface area (Å²) in [6, 6.07) is 8.42. The lowest BCUT2D eigenvalue weighted by Crippen LogP contribution is -2.38. The molecule has 1 aromatic heterocycles. The van der Waals surface area contributed by atoms with Crippen molar-refractivity contribution in [2.45, 2.75) is 39.7 Å². The SMILES string of the molecule is CNC(CCc1cc2cccc(Cl)c2o1)C(C)(C)C. The standard InChI is InChI=1S/C16H22ClNO/c1-16(2,3)14(18-4)9-8-12-10-11-6-5-7-13(17)15(11)19-12/h5-7,10,14,18H,8-9H2,1-4H3. The van der Waals surface area contributed by atoms with Gasteiger partial charge in [0.2, 0.25) is 0 Å². The van der Waals surface area contributed by atoms with Crippen LogP contribution in [-0.2, 0) is 6.42 Å². The zero-order valence-corrected chi connectivity index (χ0v) is 12.8. The van der Waals surface area contributed by atoms with Crippen molar-refractivity contribution in [3.05, 3.63) is 35.0 Å². The lowest BCUT2D eigenvalue weighted by Gasteiger charge is -2.30. The number of rotatable bonds is 4. The Morgan fingerprint density at radius 2 is 2.05 bits per heavy atom. The molecule has 1 unspecified atom stereocenters. The number of furan rings is 1. The Morgan fingerprint density at radius 3 is 2.63 bits per heavy atom. The Labute approximate surface area is 120 Å². The molecule has 0 radical (unpaired) electrons. The molecule has 0 bridgehead atoms. The zero-order valence-electron chi connectivity index (χ0n) is 12.1. The summed E-state index contributed by atoms with van der Waals surface area (Å²) in [5, 5.41) is 5.16. The van der Waals surface area contributed by atoms with Crippen LogP contribution in [0.1, 0.15) is 33.0 Å². The second-order valence-corrected chi connectivity index (χ2v) is 6.52. The molecule has 19 heavy (non-hydrogen) atoms. The quantitative estimate of drug-likeness (QED) is 0.881. The van der Waals surface area contributed by atoms with E-state index in [1.165, 1.54) is 0 Å². The van der Waals surface area contributed by atoms with Crippen molar-refractivity contribution < 1.29 is 4.42 Å². The highest BCUT2D eigenvalue weighted by Gasteiger charge is 2.23. The van der Waals surface area contributed by atoms with Gasteiger partial charge >= 0.3 is 0 Å². The van der Waals surface area contributed by atoms with E-state index in [0.29, 0.717) is 11.1 Å². The molecule has 1 N–H and O–H groups in total. The Kier molecular flexibility index (Phi) is 4.22. The van der Waals surface area contributed by atoms with Crippen molar-refractivity contribution in [2.24, 2.45) is 5.41 Å². The van der Waals surface area contributed by atoms with Gasteiger partial charge in [0.05, 0.1) is 5.02 Å². The number of hydrogen-bond acceptors (Lipinski definition) is 2. The number of aryl methyl sites for hydroxylation is 1. The van der Waals surface area contributed by atoms with Gasteiger partial charge in [0.25, 0.3) is 0 Å². The van der Waals surface area contributed by atoms with Gasteiger partial charge in [-0.2, -0.15) is 0 Å². The predicted octanol–water partition coefficient (Wildman–Crippen LogP) is 4.65. The monoisotopic (exact) mass is 279 g/mol. The van der Waals surface area contributed by atoms with Crippen LogP contribution >= 0.6 is 11.6 Å². The fraction of sp³-hybridized carbons (Fsp3) is 0.500. The molecule has 0 amide bonds. The van der Waals surface area contributed by atoms with E-state index >= 15 is 0 Å². The minimum Gasteiger partial charge on any atom is -0.460 e. The van der Waals surface area contributed by atoms with E-state index in [0.717, 1.165) is 29.6 Å². The molecule has 2 rings (SSSR count).